The molecule has 0 radical (unpaired) electrons. The minimum absolute atomic E-state index is 0.207. The molecule has 7 nitrogen and oxygen atoms in total. The van der Waals surface area contributed by atoms with Gasteiger partial charge in [-0.1, -0.05) is 11.3 Å². The number of nitrogens with one attached hydrogen (secondary N) is 2. The number of benzene rings is 1. The van der Waals surface area contributed by atoms with Crippen molar-refractivity contribution in [3.63, 3.8) is 0 Å². The fourth-order valence-corrected chi connectivity index (χ4v) is 2.38. The summed E-state index contributed by atoms with van der Waals surface area (Å²) in [6, 6.07) is 4.86. The van der Waals surface area contributed by atoms with Gasteiger partial charge in [0.15, 0.2) is 0 Å². The third kappa shape index (κ3) is 3.85. The van der Waals surface area contributed by atoms with Gasteiger partial charge in [0.2, 0.25) is 11.0 Å². The summed E-state index contributed by atoms with van der Waals surface area (Å²) in [6.45, 7) is 3.58. The predicted octanol–water partition coefficient (Wildman–Crippen LogP) is 2.30. The number of hydrogen-bond donors (Lipinski definition) is 2. The van der Waals surface area contributed by atoms with Crippen molar-refractivity contribution in [3.8, 4) is 11.5 Å². The minimum atomic E-state index is -0.481. The van der Waals surface area contributed by atoms with Crippen molar-refractivity contribution >= 4 is 28.1 Å². The molecule has 2 N–H and O–H groups in total. The van der Waals surface area contributed by atoms with E-state index in [1.54, 1.807) is 39.3 Å². The maximum Gasteiger partial charge on any atom is 0.248 e. The average molecular weight is 322 g/mol. The molecule has 0 unspecified atom stereocenters. The van der Waals surface area contributed by atoms with Crippen LogP contribution in [0, 0.1) is 6.92 Å². The number of ether oxygens (including phenoxy) is 2. The molecule has 0 spiro atoms. The van der Waals surface area contributed by atoms with E-state index in [2.05, 4.69) is 20.8 Å². The molecule has 0 aliphatic rings. The molecule has 0 saturated heterocycles. The van der Waals surface area contributed by atoms with Crippen molar-refractivity contribution in [2.45, 2.75) is 19.9 Å². The fourth-order valence-electron chi connectivity index (χ4n) is 1.79. The van der Waals surface area contributed by atoms with Crippen molar-refractivity contribution in [1.29, 1.82) is 0 Å². The standard InChI is InChI=1S/C14H18N4O3S/c1-8(13(19)16-14-18-17-9(2)22-14)15-11-7-10(20-3)5-6-12(11)21-4/h5-8,15H,1-4H3,(H,16,18,19)/t8-/m1/s1. The van der Waals surface area contributed by atoms with Crippen LogP contribution in [0.15, 0.2) is 18.2 Å². The second-order valence-corrected chi connectivity index (χ2v) is 5.73. The molecule has 1 heterocycles. The van der Waals surface area contributed by atoms with E-state index >= 15 is 0 Å². The Labute approximate surface area is 132 Å². The van der Waals surface area contributed by atoms with Crippen molar-refractivity contribution in [2.24, 2.45) is 0 Å². The van der Waals surface area contributed by atoms with Gasteiger partial charge in [-0.3, -0.25) is 10.1 Å². The van der Waals surface area contributed by atoms with Crippen LogP contribution in [0.3, 0.4) is 0 Å². The van der Waals surface area contributed by atoms with Crippen LogP contribution in [-0.2, 0) is 4.79 Å². The summed E-state index contributed by atoms with van der Waals surface area (Å²) in [4.78, 5) is 12.2. The second-order valence-electron chi connectivity index (χ2n) is 4.55. The van der Waals surface area contributed by atoms with Gasteiger partial charge in [-0.25, -0.2) is 0 Å². The van der Waals surface area contributed by atoms with Crippen LogP contribution in [0.5, 0.6) is 11.5 Å². The Morgan fingerprint density at radius 1 is 1.27 bits per heavy atom. The molecule has 2 aromatic rings. The van der Waals surface area contributed by atoms with Crippen molar-refractivity contribution in [1.82, 2.24) is 10.2 Å². The van der Waals surface area contributed by atoms with Crippen LogP contribution in [-0.4, -0.2) is 36.4 Å². The van der Waals surface area contributed by atoms with Gasteiger partial charge in [0.25, 0.3) is 0 Å². The molecule has 1 aromatic heterocycles. The molecule has 1 amide bonds. The second kappa shape index (κ2) is 7.08. The third-order valence-corrected chi connectivity index (χ3v) is 3.68. The van der Waals surface area contributed by atoms with E-state index in [0.717, 1.165) is 5.01 Å². The minimum Gasteiger partial charge on any atom is -0.497 e. The molecular formula is C14H18N4O3S. The number of anilines is 2. The summed E-state index contributed by atoms with van der Waals surface area (Å²) in [5.41, 5.74) is 0.679. The van der Waals surface area contributed by atoms with Gasteiger partial charge in [-0.15, -0.1) is 10.2 Å². The third-order valence-electron chi connectivity index (χ3n) is 2.93. The Morgan fingerprint density at radius 2 is 2.05 bits per heavy atom. The zero-order valence-electron chi connectivity index (χ0n) is 12.8. The zero-order chi connectivity index (χ0) is 16.1. The molecule has 8 heteroatoms. The van der Waals surface area contributed by atoms with Gasteiger partial charge in [-0.2, -0.15) is 0 Å². The topological polar surface area (TPSA) is 85.4 Å². The number of hydrogen-bond acceptors (Lipinski definition) is 7. The molecule has 0 saturated carbocycles. The quantitative estimate of drug-likeness (QED) is 0.849. The van der Waals surface area contributed by atoms with E-state index in [9.17, 15) is 4.79 Å². The van der Waals surface area contributed by atoms with E-state index < -0.39 is 6.04 Å². The lowest BCUT2D eigenvalue weighted by Gasteiger charge is -2.17. The first-order chi connectivity index (χ1) is 10.5. The Kier molecular flexibility index (Phi) is 5.16. The summed E-state index contributed by atoms with van der Waals surface area (Å²) in [5.74, 6) is 1.10. The van der Waals surface area contributed by atoms with Gasteiger partial charge in [0, 0.05) is 6.07 Å². The van der Waals surface area contributed by atoms with Crippen molar-refractivity contribution in [2.75, 3.05) is 24.9 Å². The van der Waals surface area contributed by atoms with Crippen LogP contribution in [0.2, 0.25) is 0 Å². The molecule has 1 aromatic carbocycles. The van der Waals surface area contributed by atoms with E-state index in [4.69, 9.17) is 9.47 Å². The monoisotopic (exact) mass is 322 g/mol. The highest BCUT2D eigenvalue weighted by molar-refractivity contribution is 7.15. The van der Waals surface area contributed by atoms with E-state index in [1.807, 2.05) is 6.92 Å². The lowest BCUT2D eigenvalue weighted by atomic mass is 10.2. The van der Waals surface area contributed by atoms with Crippen LogP contribution < -0.4 is 20.1 Å². The van der Waals surface area contributed by atoms with Crippen LogP contribution in [0.25, 0.3) is 0 Å². The molecule has 0 aliphatic heterocycles. The molecular weight excluding hydrogens is 304 g/mol. The summed E-state index contributed by atoms with van der Waals surface area (Å²) >= 11 is 1.33. The van der Waals surface area contributed by atoms with Crippen LogP contribution in [0.4, 0.5) is 10.8 Å². The average Bonchev–Trinajstić information content (AvgIpc) is 2.92. The summed E-state index contributed by atoms with van der Waals surface area (Å²) in [5, 5.41) is 14.8. The smallest absolute Gasteiger partial charge is 0.248 e. The maximum absolute atomic E-state index is 12.2. The van der Waals surface area contributed by atoms with E-state index in [1.165, 1.54) is 11.3 Å². The number of amides is 1. The highest BCUT2D eigenvalue weighted by atomic mass is 32.1. The lowest BCUT2D eigenvalue weighted by molar-refractivity contribution is -0.116. The molecule has 22 heavy (non-hydrogen) atoms. The van der Waals surface area contributed by atoms with Gasteiger partial charge < -0.3 is 14.8 Å². The molecule has 0 aliphatic carbocycles. The number of carbonyl (C=O) groups excluding carboxylic acids is 1. The van der Waals surface area contributed by atoms with E-state index in [0.29, 0.717) is 22.3 Å². The predicted molar refractivity (Wildman–Crippen MR) is 85.9 cm³/mol. The molecule has 2 rings (SSSR count). The van der Waals surface area contributed by atoms with Gasteiger partial charge in [0.05, 0.1) is 19.9 Å². The first kappa shape index (κ1) is 16.0. The number of aromatic nitrogens is 2. The van der Waals surface area contributed by atoms with Crippen LogP contribution in [0.1, 0.15) is 11.9 Å². The molecule has 0 bridgehead atoms. The van der Waals surface area contributed by atoms with Gasteiger partial charge >= 0.3 is 0 Å². The number of aryl methyl sites for hydroxylation is 1. The lowest BCUT2D eigenvalue weighted by Crippen LogP contribution is -2.32. The Hall–Kier alpha value is -2.35. The summed E-state index contributed by atoms with van der Waals surface area (Å²) < 4.78 is 10.5. The van der Waals surface area contributed by atoms with Crippen molar-refractivity contribution in [3.05, 3.63) is 23.2 Å². The number of rotatable bonds is 6. The SMILES string of the molecule is COc1ccc(OC)c(N[C@H](C)C(=O)Nc2nnc(C)s2)c1. The first-order valence-corrected chi connectivity index (χ1v) is 7.44. The van der Waals surface area contributed by atoms with E-state index in [-0.39, 0.29) is 5.91 Å². The Balaban J connectivity index is 2.07. The van der Waals surface area contributed by atoms with Gasteiger partial charge in [0.1, 0.15) is 22.5 Å². The molecule has 1 atom stereocenters. The summed E-state index contributed by atoms with van der Waals surface area (Å²) in [7, 11) is 3.15. The fraction of sp³-hybridized carbons (Fsp3) is 0.357. The number of methoxy groups -OCH3 is 2. The highest BCUT2D eigenvalue weighted by Gasteiger charge is 2.17. The van der Waals surface area contributed by atoms with Gasteiger partial charge in [-0.05, 0) is 26.0 Å². The maximum atomic E-state index is 12.2. The molecule has 0 fully saturated rings. The first-order valence-electron chi connectivity index (χ1n) is 6.63. The molecule has 118 valence electrons. The zero-order valence-corrected chi connectivity index (χ0v) is 13.7. The normalized spacial score (nSPS) is 11.6. The highest BCUT2D eigenvalue weighted by Crippen LogP contribution is 2.29. The number of carbonyl (C=O) groups is 1. The van der Waals surface area contributed by atoms with Crippen molar-refractivity contribution < 1.29 is 14.3 Å². The number of nitrogens with zero attached hydrogens (tertiary/aromatic N) is 2. The largest absolute Gasteiger partial charge is 0.497 e. The van der Waals surface area contributed by atoms with Crippen LogP contribution >= 0.6 is 11.3 Å². The summed E-state index contributed by atoms with van der Waals surface area (Å²) in [6.07, 6.45) is 0. The Bertz CT molecular complexity index is 659. The Morgan fingerprint density at radius 3 is 2.64 bits per heavy atom.